The van der Waals surface area contributed by atoms with Crippen molar-refractivity contribution >= 4 is 21.8 Å². The van der Waals surface area contributed by atoms with E-state index in [1.54, 1.807) is 13.3 Å². The first-order valence-corrected chi connectivity index (χ1v) is 15.3. The van der Waals surface area contributed by atoms with Gasteiger partial charge in [-0.2, -0.15) is 17.2 Å². The quantitative estimate of drug-likeness (QED) is 0.144. The van der Waals surface area contributed by atoms with Crippen LogP contribution >= 0.6 is 0 Å². The molecule has 1 unspecified atom stereocenters. The Balaban J connectivity index is 0.00000372. The largest absolute Gasteiger partial charge is 2.00 e. The van der Waals surface area contributed by atoms with Gasteiger partial charge < -0.3 is 14.0 Å². The van der Waals surface area contributed by atoms with Crippen LogP contribution in [0.5, 0.6) is 17.2 Å². The predicted molar refractivity (Wildman–Crippen MR) is 180 cm³/mol. The number of fused-ring (bicyclic) bond motifs is 3. The molecular formula is C39H34N4O2Pt. The van der Waals surface area contributed by atoms with Crippen molar-refractivity contribution in [2.45, 2.75) is 40.0 Å². The Morgan fingerprint density at radius 2 is 1.65 bits per heavy atom. The molecule has 232 valence electrons. The summed E-state index contributed by atoms with van der Waals surface area (Å²) in [6.45, 7) is 8.61. The fourth-order valence-corrected chi connectivity index (χ4v) is 6.07. The van der Waals surface area contributed by atoms with Crippen molar-refractivity contribution in [3.8, 4) is 39.9 Å². The van der Waals surface area contributed by atoms with Gasteiger partial charge in [-0.05, 0) is 60.5 Å². The average molecular weight is 786 g/mol. The number of hydrogen-bond donors (Lipinski definition) is 0. The molecule has 0 bridgehead atoms. The minimum Gasteiger partial charge on any atom is -0.509 e. The van der Waals surface area contributed by atoms with Gasteiger partial charge in [0.2, 0.25) is 0 Å². The van der Waals surface area contributed by atoms with Crippen LogP contribution in [0.15, 0.2) is 97.2 Å². The second-order valence-electron chi connectivity index (χ2n) is 11.4. The number of pyridine rings is 1. The van der Waals surface area contributed by atoms with Crippen LogP contribution in [0.25, 0.3) is 44.4 Å². The summed E-state index contributed by atoms with van der Waals surface area (Å²) in [7, 11) is 1.67. The van der Waals surface area contributed by atoms with Gasteiger partial charge >= 0.3 is 21.1 Å². The van der Waals surface area contributed by atoms with E-state index >= 15 is 0 Å². The topological polar surface area (TPSA) is 54.1 Å². The van der Waals surface area contributed by atoms with Gasteiger partial charge in [-0.3, -0.25) is 4.68 Å². The van der Waals surface area contributed by atoms with Crippen LogP contribution in [0, 0.1) is 26.0 Å². The molecule has 0 saturated heterocycles. The van der Waals surface area contributed by atoms with E-state index in [1.807, 2.05) is 66.2 Å². The van der Waals surface area contributed by atoms with Gasteiger partial charge in [0, 0.05) is 40.5 Å². The SMILES string of the molecule is CCC(C)c1ccc2c(c1)c1ccc(Oc3[c-]c(-n4nc(C)c(-c5ccccc5)c4C)ccc3)[c-]c1n2-c1cc(OC)ccn1.[Pt+2]. The normalized spacial score (nSPS) is 11.8. The van der Waals surface area contributed by atoms with E-state index in [4.69, 9.17) is 19.6 Å². The zero-order chi connectivity index (χ0) is 31.1. The maximum absolute atomic E-state index is 6.41. The zero-order valence-corrected chi connectivity index (χ0v) is 28.7. The van der Waals surface area contributed by atoms with E-state index in [1.165, 1.54) is 5.56 Å². The second-order valence-corrected chi connectivity index (χ2v) is 11.4. The molecule has 6 nitrogen and oxygen atoms in total. The molecule has 7 aromatic rings. The second kappa shape index (κ2) is 13.0. The van der Waals surface area contributed by atoms with Gasteiger partial charge in [-0.25, -0.2) is 4.98 Å². The molecule has 7 heteroatoms. The first kappa shape index (κ1) is 31.3. The summed E-state index contributed by atoms with van der Waals surface area (Å²) in [4.78, 5) is 4.71. The number of benzene rings is 4. The number of hydrogen-bond acceptors (Lipinski definition) is 4. The van der Waals surface area contributed by atoms with Gasteiger partial charge in [-0.1, -0.05) is 61.8 Å². The Kier molecular flexibility index (Phi) is 8.84. The van der Waals surface area contributed by atoms with Gasteiger partial charge in [0.25, 0.3) is 0 Å². The summed E-state index contributed by atoms with van der Waals surface area (Å²) < 4.78 is 16.0. The zero-order valence-electron chi connectivity index (χ0n) is 26.4. The van der Waals surface area contributed by atoms with Crippen molar-refractivity contribution in [1.29, 1.82) is 0 Å². The molecule has 46 heavy (non-hydrogen) atoms. The predicted octanol–water partition coefficient (Wildman–Crippen LogP) is 9.56. The van der Waals surface area contributed by atoms with Crippen molar-refractivity contribution in [1.82, 2.24) is 19.3 Å². The van der Waals surface area contributed by atoms with Crippen LogP contribution in [0.2, 0.25) is 0 Å². The standard InChI is InChI=1S/C39H34N4O2.Pt/c1-6-25(2)29-15-18-36-35(21-29)34-17-16-33(23-37(34)42(36)38-24-31(44-5)19-20-40-38)45-32-14-10-13-30(22-32)43-27(4)39(26(3)41-43)28-11-8-7-9-12-28;/h7-21,24-25H,6H2,1-5H3;/q-2;+2. The molecule has 0 saturated carbocycles. The van der Waals surface area contributed by atoms with Gasteiger partial charge in [0.1, 0.15) is 11.6 Å². The van der Waals surface area contributed by atoms with Crippen LogP contribution in [-0.2, 0) is 21.1 Å². The molecule has 0 amide bonds. The van der Waals surface area contributed by atoms with Crippen LogP contribution in [0.3, 0.4) is 0 Å². The molecule has 3 aromatic heterocycles. The summed E-state index contributed by atoms with van der Waals surface area (Å²) in [6, 6.07) is 37.8. The van der Waals surface area contributed by atoms with E-state index in [9.17, 15) is 0 Å². The smallest absolute Gasteiger partial charge is 0.509 e. The molecule has 0 fully saturated rings. The molecule has 1 atom stereocenters. The Bertz CT molecular complexity index is 2170. The van der Waals surface area contributed by atoms with E-state index < -0.39 is 0 Å². The van der Waals surface area contributed by atoms with Crippen LogP contribution in [0.1, 0.15) is 43.1 Å². The summed E-state index contributed by atoms with van der Waals surface area (Å²) in [5, 5.41) is 7.10. The van der Waals surface area contributed by atoms with E-state index in [0.29, 0.717) is 17.4 Å². The van der Waals surface area contributed by atoms with E-state index in [2.05, 4.69) is 73.9 Å². The number of nitrogens with zero attached hydrogens (tertiary/aromatic N) is 4. The summed E-state index contributed by atoms with van der Waals surface area (Å²) >= 11 is 0. The van der Waals surface area contributed by atoms with Gasteiger partial charge in [0.05, 0.1) is 12.8 Å². The van der Waals surface area contributed by atoms with Crippen molar-refractivity contribution in [2.75, 3.05) is 7.11 Å². The van der Waals surface area contributed by atoms with Gasteiger partial charge in [-0.15, -0.1) is 35.7 Å². The van der Waals surface area contributed by atoms with E-state index in [0.717, 1.165) is 68.0 Å². The van der Waals surface area contributed by atoms with Crippen molar-refractivity contribution in [2.24, 2.45) is 0 Å². The number of methoxy groups -OCH3 is 1. The number of ether oxygens (including phenoxy) is 2. The molecule has 3 heterocycles. The maximum atomic E-state index is 6.41. The Morgan fingerprint density at radius 3 is 2.43 bits per heavy atom. The Labute approximate surface area is 283 Å². The first-order valence-electron chi connectivity index (χ1n) is 15.3. The van der Waals surface area contributed by atoms with Gasteiger partial charge in [0.15, 0.2) is 0 Å². The van der Waals surface area contributed by atoms with E-state index in [-0.39, 0.29) is 21.1 Å². The molecule has 0 aliphatic heterocycles. The summed E-state index contributed by atoms with van der Waals surface area (Å²) in [5.41, 5.74) is 8.35. The molecule has 0 aliphatic carbocycles. The number of rotatable bonds is 8. The monoisotopic (exact) mass is 785 g/mol. The van der Waals surface area contributed by atoms with Crippen molar-refractivity contribution in [3.05, 3.63) is 126 Å². The molecule has 0 aliphatic rings. The summed E-state index contributed by atoms with van der Waals surface area (Å²) in [5.74, 6) is 3.13. The molecule has 4 aromatic carbocycles. The van der Waals surface area contributed by atoms with Crippen LogP contribution in [-0.4, -0.2) is 26.4 Å². The van der Waals surface area contributed by atoms with Crippen LogP contribution in [0.4, 0.5) is 0 Å². The van der Waals surface area contributed by atoms with Crippen molar-refractivity contribution in [3.63, 3.8) is 0 Å². The van der Waals surface area contributed by atoms with Crippen LogP contribution < -0.4 is 9.47 Å². The average Bonchev–Trinajstić information content (AvgIpc) is 3.56. The molecule has 7 rings (SSSR count). The molecule has 0 radical (unpaired) electrons. The van der Waals surface area contributed by atoms with Crippen molar-refractivity contribution < 1.29 is 30.5 Å². The fourth-order valence-electron chi connectivity index (χ4n) is 6.07. The third-order valence-corrected chi connectivity index (χ3v) is 8.59. The summed E-state index contributed by atoms with van der Waals surface area (Å²) in [6.07, 6.45) is 2.84. The first-order chi connectivity index (χ1) is 21.9. The molecule has 0 N–H and O–H groups in total. The maximum Gasteiger partial charge on any atom is 2.00 e. The minimum absolute atomic E-state index is 0. The minimum atomic E-state index is 0. The fraction of sp³-hybridized carbons (Fsp3) is 0.179. The third kappa shape index (κ3) is 5.63. The number of aryl methyl sites for hydroxylation is 1. The third-order valence-electron chi connectivity index (χ3n) is 8.59. The Hall–Kier alpha value is -4.67. The number of aromatic nitrogens is 4. The molecular weight excluding hydrogens is 752 g/mol. The Morgan fingerprint density at radius 1 is 0.848 bits per heavy atom. The molecule has 0 spiro atoms.